The number of halogens is 1. The lowest BCUT2D eigenvalue weighted by atomic mass is 10.2. The van der Waals surface area contributed by atoms with Crippen LogP contribution in [0.3, 0.4) is 0 Å². The van der Waals surface area contributed by atoms with Crippen molar-refractivity contribution in [2.24, 2.45) is 0 Å². The fourth-order valence-electron chi connectivity index (χ4n) is 1.51. The van der Waals surface area contributed by atoms with Crippen LogP contribution in [0, 0.1) is 5.82 Å². The van der Waals surface area contributed by atoms with E-state index in [1.807, 2.05) is 29.9 Å². The lowest BCUT2D eigenvalue weighted by Crippen LogP contribution is -2.05. The molecule has 1 aromatic heterocycles. The number of ether oxygens (including phenoxy) is 1. The molecule has 1 aromatic carbocycles. The third-order valence-corrected chi connectivity index (χ3v) is 3.08. The van der Waals surface area contributed by atoms with Crippen LogP contribution < -0.4 is 10.1 Å². The van der Waals surface area contributed by atoms with E-state index in [9.17, 15) is 4.39 Å². The maximum atomic E-state index is 13.7. The van der Waals surface area contributed by atoms with Crippen molar-refractivity contribution in [3.05, 3.63) is 52.0 Å². The van der Waals surface area contributed by atoms with Gasteiger partial charge in [-0.05, 0) is 47.1 Å². The van der Waals surface area contributed by atoms with Gasteiger partial charge in [0.2, 0.25) is 0 Å². The molecule has 0 amide bonds. The zero-order valence-corrected chi connectivity index (χ0v) is 10.4. The van der Waals surface area contributed by atoms with E-state index < -0.39 is 0 Å². The summed E-state index contributed by atoms with van der Waals surface area (Å²) >= 11 is 1.61. The van der Waals surface area contributed by atoms with Gasteiger partial charge >= 0.3 is 0 Å². The Morgan fingerprint density at radius 3 is 2.82 bits per heavy atom. The number of benzene rings is 1. The SMILES string of the molecule is CNCc1ccc(OCc2ccsc2)c(F)c1. The molecule has 0 aliphatic heterocycles. The van der Waals surface area contributed by atoms with Crippen LogP contribution in [0.1, 0.15) is 11.1 Å². The van der Waals surface area contributed by atoms with E-state index in [2.05, 4.69) is 5.32 Å². The molecule has 2 nitrogen and oxygen atoms in total. The second kappa shape index (κ2) is 5.80. The van der Waals surface area contributed by atoms with Crippen LogP contribution in [0.25, 0.3) is 0 Å². The van der Waals surface area contributed by atoms with Gasteiger partial charge in [-0.1, -0.05) is 6.07 Å². The summed E-state index contributed by atoms with van der Waals surface area (Å²) in [7, 11) is 1.83. The Kier molecular flexibility index (Phi) is 4.12. The van der Waals surface area contributed by atoms with E-state index >= 15 is 0 Å². The standard InChI is InChI=1S/C13H14FNOS/c1-15-7-10-2-3-13(12(14)6-10)16-8-11-4-5-17-9-11/h2-6,9,15H,7-8H2,1H3. The second-order valence-electron chi connectivity index (χ2n) is 3.72. The summed E-state index contributed by atoms with van der Waals surface area (Å²) in [6.45, 7) is 1.06. The predicted molar refractivity (Wildman–Crippen MR) is 67.8 cm³/mol. The van der Waals surface area contributed by atoms with Gasteiger partial charge in [0.05, 0.1) is 0 Å². The van der Waals surface area contributed by atoms with Crippen LogP contribution in [0.5, 0.6) is 5.75 Å². The average molecular weight is 251 g/mol. The summed E-state index contributed by atoms with van der Waals surface area (Å²) in [6.07, 6.45) is 0. The van der Waals surface area contributed by atoms with E-state index in [1.165, 1.54) is 6.07 Å². The lowest BCUT2D eigenvalue weighted by Gasteiger charge is -2.07. The molecule has 4 heteroatoms. The molecule has 0 fully saturated rings. The quantitative estimate of drug-likeness (QED) is 0.881. The Balaban J connectivity index is 2.01. The minimum absolute atomic E-state index is 0.302. The summed E-state index contributed by atoms with van der Waals surface area (Å²) in [5, 5.41) is 6.95. The predicted octanol–water partition coefficient (Wildman–Crippen LogP) is 3.19. The highest BCUT2D eigenvalue weighted by atomic mass is 32.1. The molecule has 0 saturated heterocycles. The van der Waals surface area contributed by atoms with Crippen molar-refractivity contribution in [3.8, 4) is 5.75 Å². The highest BCUT2D eigenvalue weighted by Gasteiger charge is 2.05. The molecular formula is C13H14FNOS. The molecule has 17 heavy (non-hydrogen) atoms. The zero-order chi connectivity index (χ0) is 12.1. The van der Waals surface area contributed by atoms with E-state index in [0.29, 0.717) is 18.9 Å². The fraction of sp³-hybridized carbons (Fsp3) is 0.231. The highest BCUT2D eigenvalue weighted by Crippen LogP contribution is 2.20. The van der Waals surface area contributed by atoms with Crippen molar-refractivity contribution in [2.45, 2.75) is 13.2 Å². The number of hydrogen-bond donors (Lipinski definition) is 1. The van der Waals surface area contributed by atoms with Gasteiger partial charge in [0.25, 0.3) is 0 Å². The Morgan fingerprint density at radius 2 is 2.18 bits per heavy atom. The summed E-state index contributed by atoms with van der Waals surface area (Å²) in [5.74, 6) is -0.0102. The van der Waals surface area contributed by atoms with Crippen molar-refractivity contribution in [2.75, 3.05) is 7.05 Å². The van der Waals surface area contributed by atoms with Crippen LogP contribution in [0.2, 0.25) is 0 Å². The molecule has 90 valence electrons. The fourth-order valence-corrected chi connectivity index (χ4v) is 2.16. The first kappa shape index (κ1) is 12.1. The van der Waals surface area contributed by atoms with E-state index in [-0.39, 0.29) is 5.82 Å². The number of nitrogens with one attached hydrogen (secondary N) is 1. The van der Waals surface area contributed by atoms with E-state index in [0.717, 1.165) is 11.1 Å². The smallest absolute Gasteiger partial charge is 0.165 e. The van der Waals surface area contributed by atoms with Crippen molar-refractivity contribution in [1.82, 2.24) is 5.32 Å². The lowest BCUT2D eigenvalue weighted by molar-refractivity contribution is 0.290. The van der Waals surface area contributed by atoms with Crippen LogP contribution in [0.4, 0.5) is 4.39 Å². The number of rotatable bonds is 5. The van der Waals surface area contributed by atoms with Gasteiger partial charge in [0.1, 0.15) is 6.61 Å². The van der Waals surface area contributed by atoms with E-state index in [4.69, 9.17) is 4.74 Å². The number of thiophene rings is 1. The summed E-state index contributed by atoms with van der Waals surface area (Å²) in [5.41, 5.74) is 1.97. The van der Waals surface area contributed by atoms with Crippen molar-refractivity contribution >= 4 is 11.3 Å². The largest absolute Gasteiger partial charge is 0.486 e. The number of hydrogen-bond acceptors (Lipinski definition) is 3. The molecule has 0 saturated carbocycles. The second-order valence-corrected chi connectivity index (χ2v) is 4.50. The van der Waals surface area contributed by atoms with Gasteiger partial charge < -0.3 is 10.1 Å². The molecule has 0 aliphatic rings. The molecular weight excluding hydrogens is 237 g/mol. The average Bonchev–Trinajstić information content (AvgIpc) is 2.81. The van der Waals surface area contributed by atoms with E-state index in [1.54, 1.807) is 17.4 Å². The molecule has 0 radical (unpaired) electrons. The van der Waals surface area contributed by atoms with Crippen LogP contribution in [-0.2, 0) is 13.2 Å². The minimum atomic E-state index is -0.312. The molecule has 0 bridgehead atoms. The molecule has 0 spiro atoms. The molecule has 1 N–H and O–H groups in total. The first-order valence-electron chi connectivity index (χ1n) is 5.36. The Bertz CT molecular complexity index is 470. The van der Waals surface area contributed by atoms with Crippen molar-refractivity contribution in [1.29, 1.82) is 0 Å². The van der Waals surface area contributed by atoms with Gasteiger partial charge in [-0.3, -0.25) is 0 Å². The summed E-state index contributed by atoms with van der Waals surface area (Å²) in [6, 6.07) is 7.01. The van der Waals surface area contributed by atoms with Crippen molar-refractivity contribution in [3.63, 3.8) is 0 Å². The van der Waals surface area contributed by atoms with Crippen LogP contribution in [0.15, 0.2) is 35.0 Å². The molecule has 1 heterocycles. The third kappa shape index (κ3) is 3.28. The Labute approximate surface area is 104 Å². The molecule has 0 atom stereocenters. The van der Waals surface area contributed by atoms with Crippen LogP contribution >= 0.6 is 11.3 Å². The molecule has 0 aliphatic carbocycles. The van der Waals surface area contributed by atoms with Gasteiger partial charge in [-0.2, -0.15) is 11.3 Å². The topological polar surface area (TPSA) is 21.3 Å². The highest BCUT2D eigenvalue weighted by molar-refractivity contribution is 7.07. The monoisotopic (exact) mass is 251 g/mol. The summed E-state index contributed by atoms with van der Waals surface area (Å²) < 4.78 is 19.1. The molecule has 2 aromatic rings. The van der Waals surface area contributed by atoms with Crippen molar-refractivity contribution < 1.29 is 9.13 Å². The maximum Gasteiger partial charge on any atom is 0.165 e. The normalized spacial score (nSPS) is 10.5. The first-order chi connectivity index (χ1) is 8.29. The molecule has 2 rings (SSSR count). The Hall–Kier alpha value is -1.39. The van der Waals surface area contributed by atoms with Gasteiger partial charge in [-0.25, -0.2) is 4.39 Å². The molecule has 0 unspecified atom stereocenters. The third-order valence-electron chi connectivity index (χ3n) is 2.35. The first-order valence-corrected chi connectivity index (χ1v) is 6.31. The summed E-state index contributed by atoms with van der Waals surface area (Å²) in [4.78, 5) is 0. The van der Waals surface area contributed by atoms with Gasteiger partial charge in [-0.15, -0.1) is 0 Å². The zero-order valence-electron chi connectivity index (χ0n) is 9.57. The Morgan fingerprint density at radius 1 is 1.29 bits per heavy atom. The van der Waals surface area contributed by atoms with Gasteiger partial charge in [0.15, 0.2) is 11.6 Å². The van der Waals surface area contributed by atoms with Crippen LogP contribution in [-0.4, -0.2) is 7.05 Å². The maximum absolute atomic E-state index is 13.7. The minimum Gasteiger partial charge on any atom is -0.486 e. The van der Waals surface area contributed by atoms with Gasteiger partial charge in [0, 0.05) is 6.54 Å².